The average molecular weight is 306 g/mol. The summed E-state index contributed by atoms with van der Waals surface area (Å²) in [4.78, 5) is 7.93. The molecule has 2 aromatic heterocycles. The molecule has 0 spiro atoms. The maximum absolute atomic E-state index is 10.3. The number of rotatable bonds is 3. The molecule has 1 aliphatic rings. The molecule has 0 saturated heterocycles. The highest BCUT2D eigenvalue weighted by molar-refractivity contribution is 7.15. The number of nitrogens with zero attached hydrogens (tertiary/aromatic N) is 4. The van der Waals surface area contributed by atoms with Crippen LogP contribution in [0.15, 0.2) is 12.4 Å². The number of fused-ring (bicyclic) bond motifs is 1. The first-order valence-corrected chi connectivity index (χ1v) is 8.02. The second-order valence-electron chi connectivity index (χ2n) is 6.75. The number of hydrogen-bond acceptors (Lipinski definition) is 5. The smallest absolute Gasteiger partial charge is 0.185 e. The fourth-order valence-corrected chi connectivity index (χ4v) is 3.97. The van der Waals surface area contributed by atoms with Gasteiger partial charge < -0.3 is 10.0 Å². The van der Waals surface area contributed by atoms with Gasteiger partial charge in [0.05, 0.1) is 22.9 Å². The molecule has 2 heterocycles. The second-order valence-corrected chi connectivity index (χ2v) is 7.76. The van der Waals surface area contributed by atoms with Crippen molar-refractivity contribution in [2.24, 2.45) is 12.5 Å². The molecule has 1 unspecified atom stereocenters. The molecular formula is C15H22N4OS. The summed E-state index contributed by atoms with van der Waals surface area (Å²) in [5.74, 6) is 0. The van der Waals surface area contributed by atoms with Crippen LogP contribution in [0.3, 0.4) is 0 Å². The SMILES string of the molecule is CN(Cc1cnn(C)c1)c1nc2c(s1)C(O)CC(C)(C)C2. The molecule has 1 N–H and O–H groups in total. The van der Waals surface area contributed by atoms with Gasteiger partial charge in [0.25, 0.3) is 0 Å². The predicted octanol–water partition coefficient (Wildman–Crippen LogP) is 2.52. The number of aryl methyl sites for hydroxylation is 1. The molecule has 114 valence electrons. The zero-order valence-corrected chi connectivity index (χ0v) is 13.8. The van der Waals surface area contributed by atoms with Gasteiger partial charge in [-0.2, -0.15) is 5.10 Å². The average Bonchev–Trinajstić information content (AvgIpc) is 2.94. The number of aliphatic hydroxyl groups is 1. The highest BCUT2D eigenvalue weighted by atomic mass is 32.1. The molecule has 3 rings (SSSR count). The zero-order valence-electron chi connectivity index (χ0n) is 13.0. The van der Waals surface area contributed by atoms with E-state index in [2.05, 4.69) is 23.8 Å². The van der Waals surface area contributed by atoms with Crippen molar-refractivity contribution in [3.8, 4) is 0 Å². The Kier molecular flexibility index (Phi) is 3.53. The Balaban J connectivity index is 1.81. The summed E-state index contributed by atoms with van der Waals surface area (Å²) in [7, 11) is 3.96. The molecular weight excluding hydrogens is 284 g/mol. The Hall–Kier alpha value is -1.40. The van der Waals surface area contributed by atoms with Gasteiger partial charge in [-0.15, -0.1) is 0 Å². The lowest BCUT2D eigenvalue weighted by molar-refractivity contribution is 0.102. The third kappa shape index (κ3) is 2.96. The van der Waals surface area contributed by atoms with Crippen LogP contribution in [0.1, 0.15) is 42.5 Å². The molecule has 0 saturated carbocycles. The first kappa shape index (κ1) is 14.5. The van der Waals surface area contributed by atoms with Gasteiger partial charge in [0.1, 0.15) is 0 Å². The van der Waals surface area contributed by atoms with Crippen LogP contribution in [-0.2, 0) is 20.0 Å². The third-order valence-electron chi connectivity index (χ3n) is 3.92. The van der Waals surface area contributed by atoms with Crippen molar-refractivity contribution in [2.75, 3.05) is 11.9 Å². The number of aromatic nitrogens is 3. The summed E-state index contributed by atoms with van der Waals surface area (Å²) in [5.41, 5.74) is 2.35. The fraction of sp³-hybridized carbons (Fsp3) is 0.600. The Bertz CT molecular complexity index is 646. The van der Waals surface area contributed by atoms with Crippen LogP contribution in [-0.4, -0.2) is 26.9 Å². The second kappa shape index (κ2) is 5.10. The van der Waals surface area contributed by atoms with Gasteiger partial charge in [-0.25, -0.2) is 4.98 Å². The summed E-state index contributed by atoms with van der Waals surface area (Å²) in [5, 5.41) is 15.5. The first-order chi connectivity index (χ1) is 9.84. The molecule has 5 nitrogen and oxygen atoms in total. The molecule has 6 heteroatoms. The highest BCUT2D eigenvalue weighted by Gasteiger charge is 2.34. The minimum atomic E-state index is -0.373. The van der Waals surface area contributed by atoms with Crippen LogP contribution in [0.5, 0.6) is 0 Å². The van der Waals surface area contributed by atoms with Gasteiger partial charge in [0.15, 0.2) is 5.13 Å². The normalized spacial score (nSPS) is 20.3. The minimum Gasteiger partial charge on any atom is -0.387 e. The number of hydrogen-bond donors (Lipinski definition) is 1. The highest BCUT2D eigenvalue weighted by Crippen LogP contribution is 2.44. The van der Waals surface area contributed by atoms with Crippen molar-refractivity contribution in [1.29, 1.82) is 0 Å². The molecule has 1 aliphatic carbocycles. The molecule has 0 radical (unpaired) electrons. The van der Waals surface area contributed by atoms with E-state index in [0.29, 0.717) is 0 Å². The van der Waals surface area contributed by atoms with Gasteiger partial charge in [0, 0.05) is 32.4 Å². The number of anilines is 1. The van der Waals surface area contributed by atoms with Gasteiger partial charge in [-0.3, -0.25) is 4.68 Å². The van der Waals surface area contributed by atoms with E-state index in [-0.39, 0.29) is 11.5 Å². The van der Waals surface area contributed by atoms with Crippen LogP contribution in [0.25, 0.3) is 0 Å². The summed E-state index contributed by atoms with van der Waals surface area (Å²) in [6.07, 6.45) is 5.27. The standard InChI is InChI=1S/C15H22N4OS/c1-15(2)5-11-13(12(20)6-15)21-14(17-11)18(3)8-10-7-16-19(4)9-10/h7,9,12,20H,5-6,8H2,1-4H3. The van der Waals surface area contributed by atoms with Crippen molar-refractivity contribution < 1.29 is 5.11 Å². The van der Waals surface area contributed by atoms with Crippen molar-refractivity contribution in [2.45, 2.75) is 39.3 Å². The minimum absolute atomic E-state index is 0.125. The molecule has 1 atom stereocenters. The number of thiazole rings is 1. The predicted molar refractivity (Wildman–Crippen MR) is 84.5 cm³/mol. The van der Waals surface area contributed by atoms with E-state index in [1.807, 2.05) is 31.2 Å². The van der Waals surface area contributed by atoms with Crippen LogP contribution >= 0.6 is 11.3 Å². The largest absolute Gasteiger partial charge is 0.387 e. The molecule has 0 bridgehead atoms. The van der Waals surface area contributed by atoms with Crippen LogP contribution in [0.4, 0.5) is 5.13 Å². The van der Waals surface area contributed by atoms with E-state index in [9.17, 15) is 5.11 Å². The zero-order chi connectivity index (χ0) is 15.2. The van der Waals surface area contributed by atoms with Gasteiger partial charge in [0.2, 0.25) is 0 Å². The van der Waals surface area contributed by atoms with Crippen molar-refractivity contribution in [1.82, 2.24) is 14.8 Å². The van der Waals surface area contributed by atoms with E-state index < -0.39 is 0 Å². The first-order valence-electron chi connectivity index (χ1n) is 7.20. The van der Waals surface area contributed by atoms with E-state index >= 15 is 0 Å². The third-order valence-corrected chi connectivity index (χ3v) is 5.23. The monoisotopic (exact) mass is 306 g/mol. The lowest BCUT2D eigenvalue weighted by Crippen LogP contribution is -2.24. The Morgan fingerprint density at radius 1 is 1.52 bits per heavy atom. The van der Waals surface area contributed by atoms with E-state index in [1.165, 1.54) is 0 Å². The van der Waals surface area contributed by atoms with Crippen molar-refractivity contribution in [3.05, 3.63) is 28.5 Å². The van der Waals surface area contributed by atoms with Gasteiger partial charge in [-0.1, -0.05) is 25.2 Å². The van der Waals surface area contributed by atoms with E-state index in [1.54, 1.807) is 11.3 Å². The lowest BCUT2D eigenvalue weighted by atomic mass is 9.77. The van der Waals surface area contributed by atoms with Gasteiger partial charge in [-0.05, 0) is 18.3 Å². The van der Waals surface area contributed by atoms with Crippen LogP contribution < -0.4 is 4.90 Å². The topological polar surface area (TPSA) is 54.2 Å². The lowest BCUT2D eigenvalue weighted by Gasteiger charge is -2.31. The quantitative estimate of drug-likeness (QED) is 0.947. The summed E-state index contributed by atoms with van der Waals surface area (Å²) in [6, 6.07) is 0. The van der Waals surface area contributed by atoms with E-state index in [0.717, 1.165) is 40.7 Å². The molecule has 0 aromatic carbocycles. The molecule has 21 heavy (non-hydrogen) atoms. The molecule has 0 fully saturated rings. The summed E-state index contributed by atoms with van der Waals surface area (Å²) in [6.45, 7) is 5.16. The van der Waals surface area contributed by atoms with Gasteiger partial charge >= 0.3 is 0 Å². The fourth-order valence-electron chi connectivity index (χ4n) is 2.94. The van der Waals surface area contributed by atoms with Crippen molar-refractivity contribution >= 4 is 16.5 Å². The molecule has 0 aliphatic heterocycles. The molecule has 0 amide bonds. The van der Waals surface area contributed by atoms with Crippen LogP contribution in [0, 0.1) is 5.41 Å². The van der Waals surface area contributed by atoms with E-state index in [4.69, 9.17) is 4.98 Å². The summed E-state index contributed by atoms with van der Waals surface area (Å²) < 4.78 is 1.81. The Morgan fingerprint density at radius 3 is 2.95 bits per heavy atom. The molecule has 2 aromatic rings. The van der Waals surface area contributed by atoms with Crippen LogP contribution in [0.2, 0.25) is 0 Å². The Morgan fingerprint density at radius 2 is 2.29 bits per heavy atom. The summed E-state index contributed by atoms with van der Waals surface area (Å²) >= 11 is 1.62. The maximum Gasteiger partial charge on any atom is 0.185 e. The van der Waals surface area contributed by atoms with Crippen molar-refractivity contribution in [3.63, 3.8) is 0 Å². The maximum atomic E-state index is 10.3. The number of aliphatic hydroxyl groups excluding tert-OH is 1. The Labute approximate surface area is 129 Å².